The molecular formula is C23H24N4OS. The molecule has 29 heavy (non-hydrogen) atoms. The predicted molar refractivity (Wildman–Crippen MR) is 119 cm³/mol. The fraction of sp³-hybridized carbons (Fsp3) is 0.304. The second-order valence-electron chi connectivity index (χ2n) is 7.58. The molecule has 4 aromatic rings. The fourth-order valence-corrected chi connectivity index (χ4v) is 4.27. The van der Waals surface area contributed by atoms with Crippen LogP contribution in [0.2, 0.25) is 0 Å². The van der Waals surface area contributed by atoms with Crippen molar-refractivity contribution in [2.24, 2.45) is 5.92 Å². The Morgan fingerprint density at radius 2 is 1.59 bits per heavy atom. The van der Waals surface area contributed by atoms with E-state index < -0.39 is 0 Å². The smallest absolute Gasteiger partial charge is 0.262 e. The van der Waals surface area contributed by atoms with E-state index in [1.165, 1.54) is 0 Å². The van der Waals surface area contributed by atoms with Crippen molar-refractivity contribution in [1.29, 1.82) is 0 Å². The summed E-state index contributed by atoms with van der Waals surface area (Å²) in [6.45, 7) is 6.98. The largest absolute Gasteiger partial charge is 0.287 e. The van der Waals surface area contributed by atoms with Gasteiger partial charge >= 0.3 is 0 Å². The molecule has 0 bridgehead atoms. The van der Waals surface area contributed by atoms with Crippen molar-refractivity contribution >= 4 is 33.7 Å². The molecule has 5 nitrogen and oxygen atoms in total. The molecule has 0 N–H and O–H groups in total. The molecule has 0 saturated carbocycles. The third-order valence-corrected chi connectivity index (χ3v) is 5.93. The molecule has 0 atom stereocenters. The first-order valence-electron chi connectivity index (χ1n) is 9.87. The van der Waals surface area contributed by atoms with Crippen LogP contribution >= 0.6 is 11.8 Å². The highest BCUT2D eigenvalue weighted by Gasteiger charge is 2.14. The number of aryl methyl sites for hydroxylation is 1. The van der Waals surface area contributed by atoms with Crippen LogP contribution in [-0.2, 0) is 12.3 Å². The Morgan fingerprint density at radius 1 is 0.931 bits per heavy atom. The SMILES string of the molecule is Cc1nc2ccccc2nc1CSc1nc2ccccc2c(=O)n1CCC(C)C. The van der Waals surface area contributed by atoms with Crippen LogP contribution in [0.4, 0.5) is 0 Å². The molecule has 0 amide bonds. The van der Waals surface area contributed by atoms with E-state index in [4.69, 9.17) is 9.97 Å². The third kappa shape index (κ3) is 4.17. The first-order chi connectivity index (χ1) is 14.0. The summed E-state index contributed by atoms with van der Waals surface area (Å²) < 4.78 is 1.82. The third-order valence-electron chi connectivity index (χ3n) is 4.94. The van der Waals surface area contributed by atoms with Crippen molar-refractivity contribution in [3.05, 3.63) is 70.3 Å². The Kier molecular flexibility index (Phi) is 5.62. The molecule has 0 spiro atoms. The zero-order valence-corrected chi connectivity index (χ0v) is 17.7. The quantitative estimate of drug-likeness (QED) is 0.335. The number of fused-ring (bicyclic) bond motifs is 2. The molecule has 2 aromatic carbocycles. The molecular weight excluding hydrogens is 380 g/mol. The van der Waals surface area contributed by atoms with E-state index in [1.807, 2.05) is 60.0 Å². The number of benzene rings is 2. The van der Waals surface area contributed by atoms with E-state index >= 15 is 0 Å². The normalized spacial score (nSPS) is 11.6. The summed E-state index contributed by atoms with van der Waals surface area (Å²) in [6, 6.07) is 15.4. The van der Waals surface area contributed by atoms with E-state index in [9.17, 15) is 4.79 Å². The minimum absolute atomic E-state index is 0.0278. The maximum Gasteiger partial charge on any atom is 0.262 e. The average Bonchev–Trinajstić information content (AvgIpc) is 2.71. The number of hydrogen-bond acceptors (Lipinski definition) is 5. The van der Waals surface area contributed by atoms with Crippen molar-refractivity contribution in [1.82, 2.24) is 19.5 Å². The van der Waals surface area contributed by atoms with E-state index in [1.54, 1.807) is 11.8 Å². The van der Waals surface area contributed by atoms with E-state index in [0.29, 0.717) is 23.6 Å². The van der Waals surface area contributed by atoms with Gasteiger partial charge in [-0.25, -0.2) is 15.0 Å². The van der Waals surface area contributed by atoms with Gasteiger partial charge in [0.05, 0.1) is 33.3 Å². The van der Waals surface area contributed by atoms with Crippen molar-refractivity contribution < 1.29 is 0 Å². The summed E-state index contributed by atoms with van der Waals surface area (Å²) in [5.41, 5.74) is 4.38. The van der Waals surface area contributed by atoms with Gasteiger partial charge in [-0.1, -0.05) is 49.9 Å². The first kappa shape index (κ1) is 19.6. The second kappa shape index (κ2) is 8.33. The topological polar surface area (TPSA) is 60.7 Å². The Bertz CT molecular complexity index is 1230. The fourth-order valence-electron chi connectivity index (χ4n) is 3.24. The van der Waals surface area contributed by atoms with Crippen LogP contribution in [0.25, 0.3) is 21.9 Å². The van der Waals surface area contributed by atoms with Crippen molar-refractivity contribution in [3.8, 4) is 0 Å². The van der Waals surface area contributed by atoms with Gasteiger partial charge < -0.3 is 0 Å². The lowest BCUT2D eigenvalue weighted by Gasteiger charge is -2.14. The predicted octanol–water partition coefficient (Wildman–Crippen LogP) is 4.99. The van der Waals surface area contributed by atoms with Gasteiger partial charge in [-0.3, -0.25) is 9.36 Å². The lowest BCUT2D eigenvalue weighted by molar-refractivity contribution is 0.481. The second-order valence-corrected chi connectivity index (χ2v) is 8.53. The van der Waals surface area contributed by atoms with Crippen LogP contribution in [0.5, 0.6) is 0 Å². The number of hydrogen-bond donors (Lipinski definition) is 0. The summed E-state index contributed by atoms with van der Waals surface area (Å²) in [6.07, 6.45) is 0.933. The lowest BCUT2D eigenvalue weighted by atomic mass is 10.1. The number of nitrogens with zero attached hydrogens (tertiary/aromatic N) is 4. The van der Waals surface area contributed by atoms with Crippen molar-refractivity contribution in [2.75, 3.05) is 0 Å². The number of rotatable bonds is 6. The molecule has 0 aliphatic carbocycles. The summed E-state index contributed by atoms with van der Waals surface area (Å²) in [7, 11) is 0. The van der Waals surface area contributed by atoms with E-state index in [2.05, 4.69) is 18.8 Å². The zero-order valence-electron chi connectivity index (χ0n) is 16.9. The van der Waals surface area contributed by atoms with Gasteiger partial charge in [-0.05, 0) is 43.5 Å². The zero-order chi connectivity index (χ0) is 20.4. The average molecular weight is 405 g/mol. The number of aromatic nitrogens is 4. The number of thioether (sulfide) groups is 1. The lowest BCUT2D eigenvalue weighted by Crippen LogP contribution is -2.24. The molecule has 2 heterocycles. The molecule has 0 fully saturated rings. The van der Waals surface area contributed by atoms with Crippen LogP contribution < -0.4 is 5.56 Å². The Hall–Kier alpha value is -2.73. The standard InChI is InChI=1S/C23H24N4OS/c1-15(2)12-13-27-22(28)17-8-4-5-9-18(17)26-23(27)29-14-21-16(3)24-19-10-6-7-11-20(19)25-21/h4-11,15H,12-14H2,1-3H3. The van der Waals surface area contributed by atoms with Crippen LogP contribution in [0.15, 0.2) is 58.5 Å². The first-order valence-corrected chi connectivity index (χ1v) is 10.9. The van der Waals surface area contributed by atoms with Gasteiger partial charge in [0.15, 0.2) is 5.16 Å². The summed E-state index contributed by atoms with van der Waals surface area (Å²) >= 11 is 1.55. The van der Waals surface area contributed by atoms with E-state index in [-0.39, 0.29) is 5.56 Å². The van der Waals surface area contributed by atoms with E-state index in [0.717, 1.165) is 39.5 Å². The van der Waals surface area contributed by atoms with Crippen LogP contribution in [-0.4, -0.2) is 19.5 Å². The molecule has 6 heteroatoms. The molecule has 2 aromatic heterocycles. The van der Waals surface area contributed by atoms with Crippen LogP contribution in [0.1, 0.15) is 31.7 Å². The molecule has 0 radical (unpaired) electrons. The molecule has 4 rings (SSSR count). The molecule has 0 unspecified atom stereocenters. The van der Waals surface area contributed by atoms with Gasteiger partial charge in [0, 0.05) is 12.3 Å². The highest BCUT2D eigenvalue weighted by atomic mass is 32.2. The maximum absolute atomic E-state index is 13.1. The summed E-state index contributed by atoms with van der Waals surface area (Å²) in [4.78, 5) is 27.3. The van der Waals surface area contributed by atoms with Crippen LogP contribution in [0, 0.1) is 12.8 Å². The highest BCUT2D eigenvalue weighted by Crippen LogP contribution is 2.24. The highest BCUT2D eigenvalue weighted by molar-refractivity contribution is 7.98. The van der Waals surface area contributed by atoms with Crippen molar-refractivity contribution in [3.63, 3.8) is 0 Å². The van der Waals surface area contributed by atoms with Gasteiger partial charge in [0.2, 0.25) is 0 Å². The monoisotopic (exact) mass is 404 g/mol. The van der Waals surface area contributed by atoms with Gasteiger partial charge in [0.1, 0.15) is 0 Å². The minimum Gasteiger partial charge on any atom is -0.287 e. The number of para-hydroxylation sites is 3. The maximum atomic E-state index is 13.1. The molecule has 0 saturated heterocycles. The van der Waals surface area contributed by atoms with Gasteiger partial charge in [-0.2, -0.15) is 0 Å². The minimum atomic E-state index is 0.0278. The van der Waals surface area contributed by atoms with Gasteiger partial charge in [0.25, 0.3) is 5.56 Å². The summed E-state index contributed by atoms with van der Waals surface area (Å²) in [5.74, 6) is 1.13. The Morgan fingerprint density at radius 3 is 2.31 bits per heavy atom. The molecule has 0 aliphatic rings. The Labute approximate surface area is 174 Å². The summed E-state index contributed by atoms with van der Waals surface area (Å²) in [5, 5.41) is 1.41. The Balaban J connectivity index is 1.70. The van der Waals surface area contributed by atoms with Crippen molar-refractivity contribution in [2.45, 2.75) is 44.6 Å². The van der Waals surface area contributed by atoms with Crippen LogP contribution in [0.3, 0.4) is 0 Å². The van der Waals surface area contributed by atoms with Gasteiger partial charge in [-0.15, -0.1) is 0 Å². The molecule has 0 aliphatic heterocycles. The molecule has 148 valence electrons.